The third kappa shape index (κ3) is 2.82. The van der Waals surface area contributed by atoms with Gasteiger partial charge in [0.25, 0.3) is 0 Å². The highest BCUT2D eigenvalue weighted by Crippen LogP contribution is 2.27. The maximum Gasteiger partial charge on any atom is 0.314 e. The summed E-state index contributed by atoms with van der Waals surface area (Å²) < 4.78 is 1.32. The van der Waals surface area contributed by atoms with E-state index >= 15 is 0 Å². The van der Waals surface area contributed by atoms with Crippen LogP contribution in [-0.4, -0.2) is 19.6 Å². The maximum absolute atomic E-state index is 11.1. The molecule has 2 aromatic rings. The molecular weight excluding hydrogens is 244 g/mol. The molecule has 1 aromatic heterocycles. The lowest BCUT2D eigenvalue weighted by atomic mass is 10.1. The van der Waals surface area contributed by atoms with E-state index in [-0.39, 0.29) is 6.03 Å². The first kappa shape index (κ1) is 12.9. The number of hydrogen-bond acceptors (Lipinski definition) is 2. The lowest BCUT2D eigenvalue weighted by Gasteiger charge is -2.04. The average Bonchev–Trinajstić information content (AvgIpc) is 2.81. The van der Waals surface area contributed by atoms with Gasteiger partial charge in [0.05, 0.1) is 0 Å². The molecule has 96 valence electrons. The van der Waals surface area contributed by atoms with Gasteiger partial charge >= 0.3 is 6.03 Å². The highest BCUT2D eigenvalue weighted by Gasteiger charge is 2.05. The van der Waals surface area contributed by atoms with Gasteiger partial charge in [0.1, 0.15) is 0 Å². The predicted molar refractivity (Wildman–Crippen MR) is 77.4 cm³/mol. The highest BCUT2D eigenvalue weighted by atomic mass is 32.1. The Labute approximate surface area is 111 Å². The topological polar surface area (TPSA) is 41.1 Å². The van der Waals surface area contributed by atoms with E-state index in [1.807, 2.05) is 0 Å². The fourth-order valence-corrected chi connectivity index (χ4v) is 2.92. The Hall–Kier alpha value is -1.55. The van der Waals surface area contributed by atoms with Crippen LogP contribution in [0.1, 0.15) is 18.1 Å². The van der Waals surface area contributed by atoms with Crippen LogP contribution in [0.3, 0.4) is 0 Å². The molecule has 2 amide bonds. The second-order valence-corrected chi connectivity index (χ2v) is 5.11. The molecule has 3 nitrogen and oxygen atoms in total. The van der Waals surface area contributed by atoms with Crippen LogP contribution in [-0.2, 0) is 12.8 Å². The number of aryl methyl sites for hydroxylation is 1. The lowest BCUT2D eigenvalue weighted by Crippen LogP contribution is -2.33. The largest absolute Gasteiger partial charge is 0.341 e. The van der Waals surface area contributed by atoms with Crippen LogP contribution in [0.2, 0.25) is 0 Å². The first-order valence-electron chi connectivity index (χ1n) is 6.19. The van der Waals surface area contributed by atoms with Crippen LogP contribution < -0.4 is 10.6 Å². The summed E-state index contributed by atoms with van der Waals surface area (Å²) >= 11 is 1.77. The molecule has 1 aromatic carbocycles. The molecular formula is C14H18N2OS. The van der Waals surface area contributed by atoms with E-state index in [4.69, 9.17) is 0 Å². The molecule has 0 unspecified atom stereocenters. The Morgan fingerprint density at radius 2 is 2.22 bits per heavy atom. The summed E-state index contributed by atoms with van der Waals surface area (Å²) in [7, 11) is 1.63. The molecule has 0 bridgehead atoms. The number of thiophene rings is 1. The van der Waals surface area contributed by atoms with E-state index in [0.717, 1.165) is 12.8 Å². The normalized spacial score (nSPS) is 10.6. The molecule has 0 atom stereocenters. The second-order valence-electron chi connectivity index (χ2n) is 4.20. The lowest BCUT2D eigenvalue weighted by molar-refractivity contribution is 0.243. The fraction of sp³-hybridized carbons (Fsp3) is 0.357. The Kier molecular flexibility index (Phi) is 4.20. The molecule has 2 rings (SSSR count). The van der Waals surface area contributed by atoms with E-state index in [2.05, 4.69) is 41.1 Å². The summed E-state index contributed by atoms with van der Waals surface area (Å²) in [6, 6.07) is 6.52. The van der Waals surface area contributed by atoms with Gasteiger partial charge in [-0.25, -0.2) is 4.79 Å². The summed E-state index contributed by atoms with van der Waals surface area (Å²) in [6.45, 7) is 2.84. The Bertz CT molecular complexity index is 548. The summed E-state index contributed by atoms with van der Waals surface area (Å²) in [5.74, 6) is 0. The molecule has 0 radical (unpaired) electrons. The Balaban J connectivity index is 2.10. The zero-order valence-electron chi connectivity index (χ0n) is 10.7. The van der Waals surface area contributed by atoms with Gasteiger partial charge < -0.3 is 10.6 Å². The third-order valence-electron chi connectivity index (χ3n) is 3.03. The number of carbonyl (C=O) groups excluding carboxylic acids is 1. The molecule has 0 fully saturated rings. The molecule has 0 aliphatic carbocycles. The SMILES string of the molecule is CCc1ccc2scc(CCNC(=O)NC)c2c1. The zero-order chi connectivity index (χ0) is 13.0. The van der Waals surface area contributed by atoms with E-state index in [0.29, 0.717) is 6.54 Å². The van der Waals surface area contributed by atoms with Gasteiger partial charge in [0.2, 0.25) is 0 Å². The monoisotopic (exact) mass is 262 g/mol. The van der Waals surface area contributed by atoms with Crippen LogP contribution in [0, 0.1) is 0 Å². The molecule has 0 spiro atoms. The first-order valence-corrected chi connectivity index (χ1v) is 7.07. The summed E-state index contributed by atoms with van der Waals surface area (Å²) in [6.07, 6.45) is 1.93. The molecule has 1 heterocycles. The van der Waals surface area contributed by atoms with Crippen LogP contribution in [0.4, 0.5) is 4.79 Å². The first-order chi connectivity index (χ1) is 8.74. The van der Waals surface area contributed by atoms with Gasteiger partial charge in [-0.2, -0.15) is 0 Å². The molecule has 0 aliphatic heterocycles. The number of amides is 2. The third-order valence-corrected chi connectivity index (χ3v) is 4.05. The molecule has 2 N–H and O–H groups in total. The minimum Gasteiger partial charge on any atom is -0.341 e. The number of fused-ring (bicyclic) bond motifs is 1. The quantitative estimate of drug-likeness (QED) is 0.874. The molecule has 0 saturated heterocycles. The number of hydrogen-bond donors (Lipinski definition) is 2. The molecule has 18 heavy (non-hydrogen) atoms. The van der Waals surface area contributed by atoms with Crippen molar-refractivity contribution in [3.63, 3.8) is 0 Å². The van der Waals surface area contributed by atoms with E-state index in [1.54, 1.807) is 18.4 Å². The predicted octanol–water partition coefficient (Wildman–Crippen LogP) is 2.94. The minimum atomic E-state index is -0.121. The van der Waals surface area contributed by atoms with Gasteiger partial charge in [-0.05, 0) is 40.8 Å². The van der Waals surface area contributed by atoms with Crippen molar-refractivity contribution in [2.24, 2.45) is 0 Å². The zero-order valence-corrected chi connectivity index (χ0v) is 11.6. The number of rotatable bonds is 4. The minimum absolute atomic E-state index is 0.121. The number of carbonyl (C=O) groups is 1. The molecule has 4 heteroatoms. The molecule has 0 saturated carbocycles. The van der Waals surface area contributed by atoms with Crippen LogP contribution in [0.25, 0.3) is 10.1 Å². The Morgan fingerprint density at radius 3 is 2.94 bits per heavy atom. The van der Waals surface area contributed by atoms with Crippen molar-refractivity contribution in [2.45, 2.75) is 19.8 Å². The Morgan fingerprint density at radius 1 is 1.39 bits per heavy atom. The van der Waals surface area contributed by atoms with Gasteiger partial charge in [0.15, 0.2) is 0 Å². The van der Waals surface area contributed by atoms with Gasteiger partial charge in [0, 0.05) is 18.3 Å². The summed E-state index contributed by atoms with van der Waals surface area (Å²) in [4.78, 5) is 11.1. The van der Waals surface area contributed by atoms with Crippen molar-refractivity contribution in [2.75, 3.05) is 13.6 Å². The van der Waals surface area contributed by atoms with Crippen molar-refractivity contribution < 1.29 is 4.79 Å². The van der Waals surface area contributed by atoms with Crippen molar-refractivity contribution in [1.29, 1.82) is 0 Å². The van der Waals surface area contributed by atoms with Gasteiger partial charge in [-0.15, -0.1) is 11.3 Å². The van der Waals surface area contributed by atoms with Crippen LogP contribution in [0.15, 0.2) is 23.6 Å². The number of benzene rings is 1. The summed E-state index contributed by atoms with van der Waals surface area (Å²) in [5, 5.41) is 8.89. The standard InChI is InChI=1S/C14H18N2OS/c1-3-10-4-5-13-12(8-10)11(9-18-13)6-7-16-14(17)15-2/h4-5,8-9H,3,6-7H2,1-2H3,(H2,15,16,17). The average molecular weight is 262 g/mol. The summed E-state index contributed by atoms with van der Waals surface area (Å²) in [5.41, 5.74) is 2.68. The van der Waals surface area contributed by atoms with Crippen molar-refractivity contribution in [3.8, 4) is 0 Å². The second kappa shape index (κ2) is 5.87. The number of urea groups is 1. The van der Waals surface area contributed by atoms with Crippen molar-refractivity contribution in [3.05, 3.63) is 34.7 Å². The number of nitrogens with one attached hydrogen (secondary N) is 2. The fourth-order valence-electron chi connectivity index (χ4n) is 1.94. The highest BCUT2D eigenvalue weighted by molar-refractivity contribution is 7.17. The van der Waals surface area contributed by atoms with Gasteiger partial charge in [-0.3, -0.25) is 0 Å². The van der Waals surface area contributed by atoms with E-state index < -0.39 is 0 Å². The molecule has 0 aliphatic rings. The van der Waals surface area contributed by atoms with Crippen molar-refractivity contribution >= 4 is 27.5 Å². The van der Waals surface area contributed by atoms with Crippen LogP contribution >= 0.6 is 11.3 Å². The maximum atomic E-state index is 11.1. The van der Waals surface area contributed by atoms with E-state index in [9.17, 15) is 4.79 Å². The van der Waals surface area contributed by atoms with Gasteiger partial charge in [-0.1, -0.05) is 19.1 Å². The van der Waals surface area contributed by atoms with Crippen molar-refractivity contribution in [1.82, 2.24) is 10.6 Å². The smallest absolute Gasteiger partial charge is 0.314 e. The van der Waals surface area contributed by atoms with E-state index in [1.165, 1.54) is 21.2 Å². The van der Waals surface area contributed by atoms with Crippen LogP contribution in [0.5, 0.6) is 0 Å².